The van der Waals surface area contributed by atoms with Gasteiger partial charge < -0.3 is 14.5 Å². The highest BCUT2D eigenvalue weighted by molar-refractivity contribution is 7.51. The van der Waals surface area contributed by atoms with Crippen LogP contribution in [0.5, 0.6) is 0 Å². The van der Waals surface area contributed by atoms with Crippen molar-refractivity contribution in [2.75, 3.05) is 13.0 Å². The molecule has 0 amide bonds. The smallest absolute Gasteiger partial charge is 0.350 e. The van der Waals surface area contributed by atoms with Crippen LogP contribution in [0.4, 0.5) is 0 Å². The third kappa shape index (κ3) is 10.1. The Balaban J connectivity index is 3.52. The average molecular weight is 182 g/mol. The third-order valence-corrected chi connectivity index (χ3v) is 1.31. The maximum Gasteiger partial charge on any atom is 0.350 e. The van der Waals surface area contributed by atoms with Crippen LogP contribution < -0.4 is 0 Å². The Labute approximate surface area is 66.7 Å². The number of hydrogen-bond acceptors (Lipinski definition) is 2. The van der Waals surface area contributed by atoms with Gasteiger partial charge in [-0.25, -0.2) is 0 Å². The van der Waals surface area contributed by atoms with Gasteiger partial charge in [0.15, 0.2) is 0 Å². The van der Waals surface area contributed by atoms with E-state index in [4.69, 9.17) is 14.5 Å². The summed E-state index contributed by atoms with van der Waals surface area (Å²) in [5.41, 5.74) is -0.0465. The lowest BCUT2D eigenvalue weighted by Gasteiger charge is -2.17. The highest BCUT2D eigenvalue weighted by Crippen LogP contribution is 2.34. The molecule has 0 aromatic carbocycles. The molecule has 0 bridgehead atoms. The molecule has 0 aromatic rings. The molecule has 0 aliphatic carbocycles. The molecule has 0 rings (SSSR count). The molecule has 0 spiro atoms. The van der Waals surface area contributed by atoms with Gasteiger partial charge >= 0.3 is 7.60 Å². The molecule has 0 aliphatic rings. The van der Waals surface area contributed by atoms with Crippen LogP contribution in [0.15, 0.2) is 0 Å². The zero-order valence-corrected chi connectivity index (χ0v) is 7.97. The molecule has 2 N–H and O–H groups in total. The van der Waals surface area contributed by atoms with E-state index >= 15 is 0 Å². The summed E-state index contributed by atoms with van der Waals surface area (Å²) in [6.45, 7) is 6.17. The zero-order chi connectivity index (χ0) is 9.12. The summed E-state index contributed by atoms with van der Waals surface area (Å²) in [7, 11) is -3.97. The highest BCUT2D eigenvalue weighted by Gasteiger charge is 2.16. The van der Waals surface area contributed by atoms with Crippen molar-refractivity contribution in [3.8, 4) is 0 Å². The van der Waals surface area contributed by atoms with E-state index in [-0.39, 0.29) is 5.41 Å². The van der Waals surface area contributed by atoms with E-state index in [9.17, 15) is 4.57 Å². The van der Waals surface area contributed by atoms with E-state index in [1.807, 2.05) is 20.8 Å². The standard InChI is InChI=1S/C6H15O4P/c1-6(2,3)4-10-5-11(7,8)9/h4-5H2,1-3H3,(H2,7,8,9). The second kappa shape index (κ2) is 3.68. The van der Waals surface area contributed by atoms with Gasteiger partial charge in [0.2, 0.25) is 0 Å². The van der Waals surface area contributed by atoms with Crippen LogP contribution in [0.25, 0.3) is 0 Å². The molecule has 0 radical (unpaired) electrons. The van der Waals surface area contributed by atoms with Crippen LogP contribution in [0.1, 0.15) is 20.8 Å². The third-order valence-electron chi connectivity index (χ3n) is 0.795. The van der Waals surface area contributed by atoms with Crippen molar-refractivity contribution in [2.24, 2.45) is 5.41 Å². The summed E-state index contributed by atoms with van der Waals surface area (Å²) in [5.74, 6) is 0. The fourth-order valence-electron chi connectivity index (χ4n) is 0.471. The summed E-state index contributed by atoms with van der Waals surface area (Å²) in [6, 6.07) is 0. The topological polar surface area (TPSA) is 66.8 Å². The predicted octanol–water partition coefficient (Wildman–Crippen LogP) is 1.18. The first-order chi connectivity index (χ1) is 4.71. The lowest BCUT2D eigenvalue weighted by Crippen LogP contribution is -2.14. The highest BCUT2D eigenvalue weighted by atomic mass is 31.2. The van der Waals surface area contributed by atoms with E-state index in [0.29, 0.717) is 6.61 Å². The molecule has 0 aliphatic heterocycles. The van der Waals surface area contributed by atoms with Gasteiger partial charge in [0.1, 0.15) is 6.35 Å². The Morgan fingerprint density at radius 2 is 1.82 bits per heavy atom. The van der Waals surface area contributed by atoms with Gasteiger partial charge in [-0.05, 0) is 5.41 Å². The van der Waals surface area contributed by atoms with Crippen LogP contribution in [0.2, 0.25) is 0 Å². The Kier molecular flexibility index (Phi) is 3.71. The second-order valence-electron chi connectivity index (χ2n) is 3.70. The molecule has 5 heteroatoms. The minimum Gasteiger partial charge on any atom is -0.368 e. The fraction of sp³-hybridized carbons (Fsp3) is 1.00. The van der Waals surface area contributed by atoms with Crippen molar-refractivity contribution in [1.82, 2.24) is 0 Å². The van der Waals surface area contributed by atoms with Gasteiger partial charge in [0.05, 0.1) is 6.61 Å². The minimum atomic E-state index is -3.97. The Hall–Kier alpha value is 0.110. The zero-order valence-electron chi connectivity index (χ0n) is 7.07. The van der Waals surface area contributed by atoms with E-state index in [0.717, 1.165) is 0 Å². The average Bonchev–Trinajstić information content (AvgIpc) is 1.55. The van der Waals surface area contributed by atoms with Crippen molar-refractivity contribution < 1.29 is 19.1 Å². The van der Waals surface area contributed by atoms with Gasteiger partial charge in [-0.3, -0.25) is 4.57 Å². The first-order valence-electron chi connectivity index (χ1n) is 3.33. The van der Waals surface area contributed by atoms with E-state index in [1.54, 1.807) is 0 Å². The molecule has 68 valence electrons. The molecule has 0 atom stereocenters. The molecule has 0 saturated heterocycles. The molecule has 0 fully saturated rings. The molecule has 0 unspecified atom stereocenters. The predicted molar refractivity (Wildman–Crippen MR) is 42.3 cm³/mol. The van der Waals surface area contributed by atoms with Gasteiger partial charge in [0.25, 0.3) is 0 Å². The molecule has 0 aromatic heterocycles. The first kappa shape index (κ1) is 11.1. The minimum absolute atomic E-state index is 0.0465. The van der Waals surface area contributed by atoms with Crippen molar-refractivity contribution in [2.45, 2.75) is 20.8 Å². The largest absolute Gasteiger partial charge is 0.368 e. The quantitative estimate of drug-likeness (QED) is 0.643. The Bertz CT molecular complexity index is 154. The van der Waals surface area contributed by atoms with Crippen LogP contribution in [-0.2, 0) is 9.30 Å². The number of rotatable bonds is 3. The van der Waals surface area contributed by atoms with Gasteiger partial charge in [-0.2, -0.15) is 0 Å². The van der Waals surface area contributed by atoms with Crippen LogP contribution in [0.3, 0.4) is 0 Å². The summed E-state index contributed by atoms with van der Waals surface area (Å²) in [4.78, 5) is 16.8. The lowest BCUT2D eigenvalue weighted by atomic mass is 9.99. The van der Waals surface area contributed by atoms with Crippen LogP contribution in [0, 0.1) is 5.41 Å². The Morgan fingerprint density at radius 1 is 1.36 bits per heavy atom. The molecule has 0 heterocycles. The van der Waals surface area contributed by atoms with Crippen molar-refractivity contribution in [3.63, 3.8) is 0 Å². The van der Waals surface area contributed by atoms with Crippen LogP contribution in [-0.4, -0.2) is 22.7 Å². The SMILES string of the molecule is CC(C)(C)COCP(=O)(O)O. The van der Waals surface area contributed by atoms with E-state index in [1.165, 1.54) is 0 Å². The molecule has 11 heavy (non-hydrogen) atoms. The Morgan fingerprint density at radius 3 is 2.09 bits per heavy atom. The monoisotopic (exact) mass is 182 g/mol. The van der Waals surface area contributed by atoms with Crippen molar-refractivity contribution >= 4 is 7.60 Å². The van der Waals surface area contributed by atoms with Gasteiger partial charge in [0, 0.05) is 0 Å². The molecule has 0 saturated carbocycles. The lowest BCUT2D eigenvalue weighted by molar-refractivity contribution is 0.0911. The number of ether oxygens (including phenoxy) is 1. The molecular formula is C6H15O4P. The molecule has 4 nitrogen and oxygen atoms in total. The number of hydrogen-bond donors (Lipinski definition) is 2. The summed E-state index contributed by atoms with van der Waals surface area (Å²) < 4.78 is 15.1. The maximum atomic E-state index is 10.3. The van der Waals surface area contributed by atoms with Crippen LogP contribution >= 0.6 is 7.60 Å². The summed E-state index contributed by atoms with van der Waals surface area (Å²) in [6.07, 6.45) is -0.482. The maximum absolute atomic E-state index is 10.3. The summed E-state index contributed by atoms with van der Waals surface area (Å²) in [5, 5.41) is 0. The van der Waals surface area contributed by atoms with Gasteiger partial charge in [-0.15, -0.1) is 0 Å². The van der Waals surface area contributed by atoms with E-state index in [2.05, 4.69) is 0 Å². The molecular weight excluding hydrogens is 167 g/mol. The van der Waals surface area contributed by atoms with E-state index < -0.39 is 13.9 Å². The van der Waals surface area contributed by atoms with Gasteiger partial charge in [-0.1, -0.05) is 20.8 Å². The summed E-state index contributed by atoms with van der Waals surface area (Å²) >= 11 is 0. The first-order valence-corrected chi connectivity index (χ1v) is 5.13. The fourth-order valence-corrected chi connectivity index (χ4v) is 0.800. The second-order valence-corrected chi connectivity index (χ2v) is 5.29. The van der Waals surface area contributed by atoms with Crippen molar-refractivity contribution in [3.05, 3.63) is 0 Å². The normalized spacial score (nSPS) is 13.5. The van der Waals surface area contributed by atoms with Crippen molar-refractivity contribution in [1.29, 1.82) is 0 Å².